The van der Waals surface area contributed by atoms with Gasteiger partial charge in [-0.25, -0.2) is 4.39 Å². The van der Waals surface area contributed by atoms with E-state index in [4.69, 9.17) is 11.0 Å². The highest BCUT2D eigenvalue weighted by Crippen LogP contribution is 2.16. The molecule has 102 valence electrons. The zero-order chi connectivity index (χ0) is 14.4. The van der Waals surface area contributed by atoms with Crippen LogP contribution in [0.5, 0.6) is 0 Å². The van der Waals surface area contributed by atoms with Crippen LogP contribution in [0, 0.1) is 17.1 Å². The summed E-state index contributed by atoms with van der Waals surface area (Å²) in [5.41, 5.74) is 8.06. The molecule has 2 rings (SSSR count). The minimum Gasteiger partial charge on any atom is -0.385 e. The van der Waals surface area contributed by atoms with E-state index in [2.05, 4.69) is 5.32 Å². The standard InChI is InChI=1S/C16H16FN3/c17-14-8-12(11-18)9-15(10-14)20-7-6-16(19)13-4-2-1-3-5-13/h1-5,8-10,16,20H,6-7,19H2. The van der Waals surface area contributed by atoms with Crippen LogP contribution in [0.1, 0.15) is 23.6 Å². The maximum atomic E-state index is 13.2. The number of halogens is 1. The van der Waals surface area contributed by atoms with Crippen molar-refractivity contribution >= 4 is 5.69 Å². The third-order valence-corrected chi connectivity index (χ3v) is 3.04. The van der Waals surface area contributed by atoms with E-state index in [9.17, 15) is 4.39 Å². The summed E-state index contributed by atoms with van der Waals surface area (Å²) in [5.74, 6) is -0.418. The largest absolute Gasteiger partial charge is 0.385 e. The lowest BCUT2D eigenvalue weighted by Gasteiger charge is -2.13. The van der Waals surface area contributed by atoms with Gasteiger partial charge < -0.3 is 11.1 Å². The number of nitrogens with zero attached hydrogens (tertiary/aromatic N) is 1. The Bertz CT molecular complexity index is 605. The zero-order valence-corrected chi connectivity index (χ0v) is 11.0. The van der Waals surface area contributed by atoms with Crippen molar-refractivity contribution < 1.29 is 4.39 Å². The van der Waals surface area contributed by atoms with E-state index in [-0.39, 0.29) is 6.04 Å². The highest BCUT2D eigenvalue weighted by Gasteiger charge is 2.05. The molecule has 0 fully saturated rings. The number of nitrogens with one attached hydrogen (secondary N) is 1. The van der Waals surface area contributed by atoms with E-state index in [0.717, 1.165) is 12.0 Å². The number of nitriles is 1. The molecule has 0 heterocycles. The number of nitrogens with two attached hydrogens (primary N) is 1. The van der Waals surface area contributed by atoms with Gasteiger partial charge in [0, 0.05) is 18.3 Å². The van der Waals surface area contributed by atoms with Crippen molar-refractivity contribution in [1.82, 2.24) is 0 Å². The molecule has 0 aliphatic heterocycles. The van der Waals surface area contributed by atoms with Crippen molar-refractivity contribution in [3.63, 3.8) is 0 Å². The topological polar surface area (TPSA) is 61.8 Å². The lowest BCUT2D eigenvalue weighted by Crippen LogP contribution is -2.15. The lowest BCUT2D eigenvalue weighted by atomic mass is 10.1. The highest BCUT2D eigenvalue weighted by molar-refractivity contribution is 5.49. The molecule has 3 N–H and O–H groups in total. The Morgan fingerprint density at radius 1 is 1.20 bits per heavy atom. The summed E-state index contributed by atoms with van der Waals surface area (Å²) >= 11 is 0. The molecule has 4 heteroatoms. The summed E-state index contributed by atoms with van der Waals surface area (Å²) in [4.78, 5) is 0. The third-order valence-electron chi connectivity index (χ3n) is 3.04. The van der Waals surface area contributed by atoms with Crippen molar-refractivity contribution in [3.8, 4) is 6.07 Å². The Morgan fingerprint density at radius 3 is 2.65 bits per heavy atom. The lowest BCUT2D eigenvalue weighted by molar-refractivity contribution is 0.627. The van der Waals surface area contributed by atoms with Gasteiger partial charge in [-0.15, -0.1) is 0 Å². The highest BCUT2D eigenvalue weighted by atomic mass is 19.1. The Labute approximate surface area is 117 Å². The summed E-state index contributed by atoms with van der Waals surface area (Å²) in [7, 11) is 0. The summed E-state index contributed by atoms with van der Waals surface area (Å²) in [6.45, 7) is 0.615. The van der Waals surface area contributed by atoms with Gasteiger partial charge in [-0.3, -0.25) is 0 Å². The minimum atomic E-state index is -0.418. The van der Waals surface area contributed by atoms with Crippen LogP contribution in [-0.4, -0.2) is 6.54 Å². The average molecular weight is 269 g/mol. The molecule has 2 aromatic carbocycles. The molecular formula is C16H16FN3. The fourth-order valence-corrected chi connectivity index (χ4v) is 2.00. The Kier molecular flexibility index (Phi) is 4.70. The fraction of sp³-hybridized carbons (Fsp3) is 0.188. The van der Waals surface area contributed by atoms with Crippen LogP contribution in [0.25, 0.3) is 0 Å². The van der Waals surface area contributed by atoms with Gasteiger partial charge in [0.25, 0.3) is 0 Å². The summed E-state index contributed by atoms with van der Waals surface area (Å²) in [6.07, 6.45) is 0.725. The second kappa shape index (κ2) is 6.69. The molecule has 1 atom stereocenters. The molecule has 0 radical (unpaired) electrons. The number of benzene rings is 2. The van der Waals surface area contributed by atoms with Gasteiger partial charge in [0.1, 0.15) is 5.82 Å². The van der Waals surface area contributed by atoms with Gasteiger partial charge in [-0.2, -0.15) is 5.26 Å². The molecule has 3 nitrogen and oxygen atoms in total. The normalized spacial score (nSPS) is 11.7. The van der Waals surface area contributed by atoms with Crippen molar-refractivity contribution in [1.29, 1.82) is 5.26 Å². The molecule has 0 bridgehead atoms. The third kappa shape index (κ3) is 3.81. The maximum Gasteiger partial charge on any atom is 0.126 e. The van der Waals surface area contributed by atoms with Crippen LogP contribution in [0.3, 0.4) is 0 Å². The Morgan fingerprint density at radius 2 is 1.95 bits per heavy atom. The average Bonchev–Trinajstić information content (AvgIpc) is 2.47. The predicted molar refractivity (Wildman–Crippen MR) is 77.6 cm³/mol. The molecule has 0 spiro atoms. The number of hydrogen-bond acceptors (Lipinski definition) is 3. The van der Waals surface area contributed by atoms with Gasteiger partial charge >= 0.3 is 0 Å². The minimum absolute atomic E-state index is 0.0623. The van der Waals surface area contributed by atoms with Crippen molar-refractivity contribution in [2.45, 2.75) is 12.5 Å². The number of rotatable bonds is 5. The van der Waals surface area contributed by atoms with Gasteiger partial charge in [-0.1, -0.05) is 30.3 Å². The van der Waals surface area contributed by atoms with Crippen molar-refractivity contribution in [2.24, 2.45) is 5.73 Å². The van der Waals surface area contributed by atoms with E-state index in [0.29, 0.717) is 17.8 Å². The second-order valence-electron chi connectivity index (χ2n) is 4.57. The Balaban J connectivity index is 1.90. The van der Waals surface area contributed by atoms with E-state index in [1.165, 1.54) is 12.1 Å². The molecule has 2 aromatic rings. The number of hydrogen-bond donors (Lipinski definition) is 2. The first-order chi connectivity index (χ1) is 9.69. The summed E-state index contributed by atoms with van der Waals surface area (Å²) in [6, 6.07) is 15.9. The molecule has 0 saturated carbocycles. The second-order valence-corrected chi connectivity index (χ2v) is 4.57. The van der Waals surface area contributed by atoms with Crippen LogP contribution in [0.4, 0.5) is 10.1 Å². The summed E-state index contributed by atoms with van der Waals surface area (Å²) in [5, 5.41) is 11.9. The fourth-order valence-electron chi connectivity index (χ4n) is 2.00. The number of anilines is 1. The first kappa shape index (κ1) is 14.0. The molecule has 0 amide bonds. The van der Waals surface area contributed by atoms with E-state index in [1.807, 2.05) is 36.4 Å². The molecule has 20 heavy (non-hydrogen) atoms. The van der Waals surface area contributed by atoms with E-state index >= 15 is 0 Å². The quantitative estimate of drug-likeness (QED) is 0.876. The SMILES string of the molecule is N#Cc1cc(F)cc(NCCC(N)c2ccccc2)c1. The molecule has 0 saturated heterocycles. The van der Waals surface area contributed by atoms with Crippen LogP contribution in [0.15, 0.2) is 48.5 Å². The van der Waals surface area contributed by atoms with E-state index in [1.54, 1.807) is 6.07 Å². The molecule has 0 aromatic heterocycles. The zero-order valence-electron chi connectivity index (χ0n) is 11.0. The Hall–Kier alpha value is -2.38. The van der Waals surface area contributed by atoms with Crippen LogP contribution in [0.2, 0.25) is 0 Å². The molecular weight excluding hydrogens is 253 g/mol. The van der Waals surface area contributed by atoms with Crippen LogP contribution >= 0.6 is 0 Å². The van der Waals surface area contributed by atoms with E-state index < -0.39 is 5.82 Å². The predicted octanol–water partition coefficient (Wildman–Crippen LogP) is 3.20. The van der Waals surface area contributed by atoms with Gasteiger partial charge in [-0.05, 0) is 30.2 Å². The smallest absolute Gasteiger partial charge is 0.126 e. The van der Waals surface area contributed by atoms with Crippen LogP contribution in [-0.2, 0) is 0 Å². The monoisotopic (exact) mass is 269 g/mol. The van der Waals surface area contributed by atoms with Crippen molar-refractivity contribution in [3.05, 3.63) is 65.5 Å². The molecule has 1 unspecified atom stereocenters. The van der Waals surface area contributed by atoms with Gasteiger partial charge in [0.2, 0.25) is 0 Å². The van der Waals surface area contributed by atoms with Crippen LogP contribution < -0.4 is 11.1 Å². The van der Waals surface area contributed by atoms with Gasteiger partial charge in [0.05, 0.1) is 11.6 Å². The summed E-state index contributed by atoms with van der Waals surface area (Å²) < 4.78 is 13.2. The van der Waals surface area contributed by atoms with Crippen molar-refractivity contribution in [2.75, 3.05) is 11.9 Å². The first-order valence-electron chi connectivity index (χ1n) is 6.44. The first-order valence-corrected chi connectivity index (χ1v) is 6.44. The molecule has 0 aliphatic carbocycles. The maximum absolute atomic E-state index is 13.2. The van der Waals surface area contributed by atoms with Gasteiger partial charge in [0.15, 0.2) is 0 Å². The molecule has 0 aliphatic rings.